The van der Waals surface area contributed by atoms with Gasteiger partial charge in [0, 0.05) is 22.6 Å². The molecule has 2 N–H and O–H groups in total. The first kappa shape index (κ1) is 18.6. The van der Waals surface area contributed by atoms with Crippen molar-refractivity contribution >= 4 is 27.6 Å². The molecule has 132 valence electrons. The highest BCUT2D eigenvalue weighted by Crippen LogP contribution is 2.17. The first-order valence-electron chi connectivity index (χ1n) is 7.65. The van der Waals surface area contributed by atoms with Crippen LogP contribution in [0.1, 0.15) is 24.7 Å². The van der Waals surface area contributed by atoms with E-state index in [0.29, 0.717) is 29.1 Å². The molecule has 25 heavy (non-hydrogen) atoms. The van der Waals surface area contributed by atoms with Crippen LogP contribution in [0, 0.1) is 13.8 Å². The fourth-order valence-electron chi connectivity index (χ4n) is 2.05. The summed E-state index contributed by atoms with van der Waals surface area (Å²) in [6.45, 7) is 9.00. The van der Waals surface area contributed by atoms with Crippen LogP contribution in [0.2, 0.25) is 0 Å². The molecular formula is C17H20N4O3S. The highest BCUT2D eigenvalue weighted by Gasteiger charge is 2.16. The molecule has 1 aromatic heterocycles. The van der Waals surface area contributed by atoms with Crippen molar-refractivity contribution in [2.75, 3.05) is 10.0 Å². The smallest absolute Gasteiger partial charge is 0.264 e. The van der Waals surface area contributed by atoms with Crippen molar-refractivity contribution in [3.63, 3.8) is 0 Å². The van der Waals surface area contributed by atoms with Gasteiger partial charge in [0.2, 0.25) is 5.95 Å². The SMILES string of the molecule is C=C(CC)C(=O)Nc1ccc(S(=O)(=O)Nc2nc(C)cc(C)n2)cc1. The van der Waals surface area contributed by atoms with E-state index in [1.165, 1.54) is 24.3 Å². The van der Waals surface area contributed by atoms with E-state index in [2.05, 4.69) is 26.6 Å². The number of anilines is 2. The number of aryl methyl sites for hydroxylation is 2. The van der Waals surface area contributed by atoms with Crippen LogP contribution >= 0.6 is 0 Å². The normalized spacial score (nSPS) is 11.0. The number of nitrogens with zero attached hydrogens (tertiary/aromatic N) is 2. The van der Waals surface area contributed by atoms with Crippen LogP contribution in [0.4, 0.5) is 11.6 Å². The van der Waals surface area contributed by atoms with Crippen molar-refractivity contribution in [3.8, 4) is 0 Å². The molecule has 0 bridgehead atoms. The van der Waals surface area contributed by atoms with E-state index in [1.807, 2.05) is 6.92 Å². The number of hydrogen-bond donors (Lipinski definition) is 2. The van der Waals surface area contributed by atoms with Crippen LogP contribution in [0.25, 0.3) is 0 Å². The number of benzene rings is 1. The Morgan fingerprint density at radius 1 is 1.12 bits per heavy atom. The summed E-state index contributed by atoms with van der Waals surface area (Å²) < 4.78 is 27.2. The lowest BCUT2D eigenvalue weighted by Gasteiger charge is -2.09. The summed E-state index contributed by atoms with van der Waals surface area (Å²) in [7, 11) is -3.82. The molecule has 2 rings (SSSR count). The number of amides is 1. The van der Waals surface area contributed by atoms with Crippen molar-refractivity contribution in [2.45, 2.75) is 32.1 Å². The van der Waals surface area contributed by atoms with Gasteiger partial charge in [-0.25, -0.2) is 23.1 Å². The first-order valence-corrected chi connectivity index (χ1v) is 9.14. The molecule has 0 unspecified atom stereocenters. The van der Waals surface area contributed by atoms with E-state index in [4.69, 9.17) is 0 Å². The monoisotopic (exact) mass is 360 g/mol. The Labute approximate surface area is 147 Å². The van der Waals surface area contributed by atoms with Crippen molar-refractivity contribution < 1.29 is 13.2 Å². The average Bonchev–Trinajstić information content (AvgIpc) is 2.53. The van der Waals surface area contributed by atoms with Gasteiger partial charge in [-0.3, -0.25) is 4.79 Å². The summed E-state index contributed by atoms with van der Waals surface area (Å²) >= 11 is 0. The molecule has 1 aromatic carbocycles. The molecule has 1 heterocycles. The van der Waals surface area contributed by atoms with Crippen molar-refractivity contribution in [3.05, 3.63) is 53.9 Å². The lowest BCUT2D eigenvalue weighted by Crippen LogP contribution is -2.16. The summed E-state index contributed by atoms with van der Waals surface area (Å²) in [5.41, 5.74) is 2.27. The Bertz CT molecular complexity index is 886. The lowest BCUT2D eigenvalue weighted by molar-refractivity contribution is -0.112. The Morgan fingerprint density at radius 3 is 2.20 bits per heavy atom. The summed E-state index contributed by atoms with van der Waals surface area (Å²) in [5.74, 6) is -0.269. The zero-order valence-electron chi connectivity index (χ0n) is 14.3. The maximum absolute atomic E-state index is 12.4. The third kappa shape index (κ3) is 4.87. The minimum absolute atomic E-state index is 0.0223. The van der Waals surface area contributed by atoms with Gasteiger partial charge in [-0.2, -0.15) is 0 Å². The number of hydrogen-bond acceptors (Lipinski definition) is 5. The van der Waals surface area contributed by atoms with Gasteiger partial charge in [-0.1, -0.05) is 13.5 Å². The number of aromatic nitrogens is 2. The van der Waals surface area contributed by atoms with E-state index in [0.717, 1.165) is 0 Å². The molecule has 8 heteroatoms. The highest BCUT2D eigenvalue weighted by atomic mass is 32.2. The van der Waals surface area contributed by atoms with E-state index >= 15 is 0 Å². The van der Waals surface area contributed by atoms with Crippen molar-refractivity contribution in [2.24, 2.45) is 0 Å². The first-order chi connectivity index (χ1) is 11.7. The molecule has 2 aromatic rings. The van der Waals surface area contributed by atoms with E-state index < -0.39 is 10.0 Å². The van der Waals surface area contributed by atoms with E-state index in [-0.39, 0.29) is 16.8 Å². The lowest BCUT2D eigenvalue weighted by atomic mass is 10.2. The summed E-state index contributed by atoms with van der Waals surface area (Å²) in [6.07, 6.45) is 0.540. The summed E-state index contributed by atoms with van der Waals surface area (Å²) in [6, 6.07) is 7.57. The largest absolute Gasteiger partial charge is 0.322 e. The average molecular weight is 360 g/mol. The molecule has 0 atom stereocenters. The van der Waals surface area contributed by atoms with Gasteiger partial charge in [-0.15, -0.1) is 0 Å². The van der Waals surface area contributed by atoms with Crippen molar-refractivity contribution in [1.29, 1.82) is 0 Å². The maximum Gasteiger partial charge on any atom is 0.264 e. The molecule has 0 fully saturated rings. The van der Waals surface area contributed by atoms with Gasteiger partial charge >= 0.3 is 0 Å². The van der Waals surface area contributed by atoms with Gasteiger partial charge in [0.05, 0.1) is 4.90 Å². The van der Waals surface area contributed by atoms with E-state index in [1.54, 1.807) is 19.9 Å². The number of nitrogens with one attached hydrogen (secondary N) is 2. The molecule has 1 amide bonds. The molecule has 0 aliphatic carbocycles. The quantitative estimate of drug-likeness (QED) is 0.772. The second kappa shape index (κ2) is 7.43. The van der Waals surface area contributed by atoms with E-state index in [9.17, 15) is 13.2 Å². The molecule has 7 nitrogen and oxygen atoms in total. The number of carbonyl (C=O) groups excluding carboxylic acids is 1. The second-order valence-electron chi connectivity index (χ2n) is 5.52. The molecule has 0 spiro atoms. The predicted molar refractivity (Wildman–Crippen MR) is 96.8 cm³/mol. The van der Waals surface area contributed by atoms with Gasteiger partial charge in [0.25, 0.3) is 15.9 Å². The minimum Gasteiger partial charge on any atom is -0.322 e. The second-order valence-corrected chi connectivity index (χ2v) is 7.20. The Balaban J connectivity index is 2.17. The minimum atomic E-state index is -3.82. The van der Waals surface area contributed by atoms with Crippen LogP contribution in [0.3, 0.4) is 0 Å². The summed E-state index contributed by atoms with van der Waals surface area (Å²) in [5, 5.41) is 2.66. The zero-order valence-corrected chi connectivity index (χ0v) is 15.1. The molecule has 0 radical (unpaired) electrons. The van der Waals surface area contributed by atoms with Crippen LogP contribution < -0.4 is 10.0 Å². The third-order valence-electron chi connectivity index (χ3n) is 3.38. The van der Waals surface area contributed by atoms with Gasteiger partial charge in [-0.05, 0) is 50.6 Å². The highest BCUT2D eigenvalue weighted by molar-refractivity contribution is 7.92. The van der Waals surface area contributed by atoms with Crippen molar-refractivity contribution in [1.82, 2.24) is 9.97 Å². The topological polar surface area (TPSA) is 101 Å². The Morgan fingerprint density at radius 2 is 1.68 bits per heavy atom. The molecule has 0 saturated carbocycles. The Kier molecular flexibility index (Phi) is 5.53. The van der Waals surface area contributed by atoms with Gasteiger partial charge < -0.3 is 5.32 Å². The molecular weight excluding hydrogens is 340 g/mol. The Hall–Kier alpha value is -2.74. The molecule has 0 saturated heterocycles. The van der Waals surface area contributed by atoms with Crippen LogP contribution in [-0.4, -0.2) is 24.3 Å². The van der Waals surface area contributed by atoms with Gasteiger partial charge in [0.1, 0.15) is 0 Å². The van der Waals surface area contributed by atoms with Crippen LogP contribution in [-0.2, 0) is 14.8 Å². The molecule has 0 aliphatic heterocycles. The third-order valence-corrected chi connectivity index (χ3v) is 4.72. The van der Waals surface area contributed by atoms with Crippen LogP contribution in [0.5, 0.6) is 0 Å². The zero-order chi connectivity index (χ0) is 18.6. The van der Waals surface area contributed by atoms with Gasteiger partial charge in [0.15, 0.2) is 0 Å². The fraction of sp³-hybridized carbons (Fsp3) is 0.235. The number of rotatable bonds is 6. The van der Waals surface area contributed by atoms with Crippen LogP contribution in [0.15, 0.2) is 47.4 Å². The molecule has 0 aliphatic rings. The maximum atomic E-state index is 12.4. The predicted octanol–water partition coefficient (Wildman–Crippen LogP) is 2.80. The summed E-state index contributed by atoms with van der Waals surface area (Å²) in [4.78, 5) is 19.9. The number of sulfonamides is 1. The fourth-order valence-corrected chi connectivity index (χ4v) is 2.99. The number of carbonyl (C=O) groups is 1. The standard InChI is InChI=1S/C17H20N4O3S/c1-5-11(2)16(22)20-14-6-8-15(9-7-14)25(23,24)21-17-18-12(3)10-13(4)19-17/h6-10H,2,5H2,1,3-4H3,(H,20,22)(H,18,19,21).